The molecule has 7 N–H and O–H groups in total. The maximum absolute atomic E-state index is 13.2. The first-order valence-corrected chi connectivity index (χ1v) is 12.2. The zero-order valence-corrected chi connectivity index (χ0v) is 22.2. The average Bonchev–Trinajstić information content (AvgIpc) is 2.96. The molecular formula is C30H29FN4O6. The van der Waals surface area contributed by atoms with Gasteiger partial charge in [-0.05, 0) is 42.8 Å². The summed E-state index contributed by atoms with van der Waals surface area (Å²) in [7, 11) is 0. The second kappa shape index (κ2) is 14.9. The Morgan fingerprint density at radius 3 is 1.90 bits per heavy atom. The lowest BCUT2D eigenvalue weighted by Crippen LogP contribution is -2.39. The third-order valence-electron chi connectivity index (χ3n) is 5.88. The number of nitrogens with two attached hydrogens (primary N) is 1. The SMILES string of the molecule is C[C@@H](O)[C@@H](N)C(=O)O.N#Cc1ccc(F)c2ccccc12.[C-]#[N+]c1ccc(N[C@@H](C(=O)O)[C@@H](C)O)c2ccccc12. The number of hydrogen-bond donors (Lipinski definition) is 6. The van der Waals surface area contributed by atoms with Gasteiger partial charge in [-0.1, -0.05) is 54.6 Å². The third kappa shape index (κ3) is 8.46. The molecule has 11 heteroatoms. The molecular weight excluding hydrogens is 531 g/mol. The van der Waals surface area contributed by atoms with E-state index in [0.717, 1.165) is 10.8 Å². The summed E-state index contributed by atoms with van der Waals surface area (Å²) in [5, 5.41) is 49.4. The van der Waals surface area contributed by atoms with Crippen molar-refractivity contribution in [2.45, 2.75) is 38.1 Å². The number of carbonyl (C=O) groups is 2. The second-order valence-corrected chi connectivity index (χ2v) is 8.85. The van der Waals surface area contributed by atoms with Gasteiger partial charge < -0.3 is 31.5 Å². The number of nitriles is 1. The lowest BCUT2D eigenvalue weighted by Gasteiger charge is -2.19. The predicted octanol–water partition coefficient (Wildman–Crippen LogP) is 4.27. The quantitative estimate of drug-likeness (QED) is 0.188. The minimum Gasteiger partial charge on any atom is -0.480 e. The predicted molar refractivity (Wildman–Crippen MR) is 153 cm³/mol. The van der Waals surface area contributed by atoms with E-state index in [2.05, 4.69) is 10.2 Å². The Morgan fingerprint density at radius 2 is 1.44 bits per heavy atom. The van der Waals surface area contributed by atoms with Gasteiger partial charge in [-0.15, -0.1) is 0 Å². The molecule has 0 heterocycles. The highest BCUT2D eigenvalue weighted by Gasteiger charge is 2.23. The molecule has 4 aromatic carbocycles. The van der Waals surface area contributed by atoms with E-state index in [0.29, 0.717) is 27.7 Å². The summed E-state index contributed by atoms with van der Waals surface area (Å²) in [6, 6.07) is 20.1. The number of carboxylic acid groups (broad SMARTS) is 2. The number of nitrogens with one attached hydrogen (secondary N) is 1. The monoisotopic (exact) mass is 560 g/mol. The van der Waals surface area contributed by atoms with Gasteiger partial charge in [0.25, 0.3) is 0 Å². The molecule has 212 valence electrons. The molecule has 41 heavy (non-hydrogen) atoms. The van der Waals surface area contributed by atoms with Crippen LogP contribution in [0.25, 0.3) is 26.4 Å². The van der Waals surface area contributed by atoms with E-state index in [1.165, 1.54) is 26.0 Å². The molecule has 4 aromatic rings. The smallest absolute Gasteiger partial charge is 0.328 e. The number of benzene rings is 4. The Labute approximate surface area is 235 Å². The molecule has 0 radical (unpaired) electrons. The average molecular weight is 561 g/mol. The normalized spacial score (nSPS) is 13.1. The first-order chi connectivity index (χ1) is 19.4. The van der Waals surface area contributed by atoms with Crippen LogP contribution in [0.15, 0.2) is 72.8 Å². The molecule has 0 aromatic heterocycles. The van der Waals surface area contributed by atoms with Gasteiger partial charge in [0.2, 0.25) is 0 Å². The van der Waals surface area contributed by atoms with Crippen molar-refractivity contribution >= 4 is 44.9 Å². The van der Waals surface area contributed by atoms with Gasteiger partial charge in [0.15, 0.2) is 11.7 Å². The highest BCUT2D eigenvalue weighted by Crippen LogP contribution is 2.32. The minimum absolute atomic E-state index is 0.283. The molecule has 0 aliphatic carbocycles. The summed E-state index contributed by atoms with van der Waals surface area (Å²) in [5.41, 5.74) is 6.51. The van der Waals surface area contributed by atoms with E-state index in [4.69, 9.17) is 32.9 Å². The lowest BCUT2D eigenvalue weighted by molar-refractivity contribution is -0.141. The van der Waals surface area contributed by atoms with E-state index in [-0.39, 0.29) is 5.82 Å². The Hall–Kier alpha value is -5.07. The standard InChI is InChI=1S/C15H14N2O3.C11H6FN.C4H9NO3/c1-9(18)14(15(19)20)17-13-8-7-12(16-2)10-5-3-4-6-11(10)13;12-11-6-5-8(7-13)9-3-1-2-4-10(9)11;1-2(6)3(5)4(7)8/h3-9,14,17-18H,1H3,(H,19,20);1-6H;2-3,6H,5H2,1H3,(H,7,8)/t9-,14-;;2-,3-/m1.1/s1. The Morgan fingerprint density at radius 1 is 0.878 bits per heavy atom. The van der Waals surface area contributed by atoms with Crippen molar-refractivity contribution in [1.82, 2.24) is 0 Å². The van der Waals surface area contributed by atoms with Crippen LogP contribution in [0.2, 0.25) is 0 Å². The number of rotatable bonds is 6. The lowest BCUT2D eigenvalue weighted by atomic mass is 10.1. The van der Waals surface area contributed by atoms with E-state index in [1.54, 1.807) is 36.4 Å². The van der Waals surface area contributed by atoms with E-state index in [1.807, 2.05) is 30.3 Å². The first-order valence-electron chi connectivity index (χ1n) is 12.2. The zero-order valence-electron chi connectivity index (χ0n) is 22.2. The maximum Gasteiger partial charge on any atom is 0.328 e. The van der Waals surface area contributed by atoms with Crippen LogP contribution in [0, 0.1) is 23.7 Å². The second-order valence-electron chi connectivity index (χ2n) is 8.85. The topological polar surface area (TPSA) is 181 Å². The number of aliphatic carboxylic acids is 2. The van der Waals surface area contributed by atoms with Gasteiger partial charge in [0, 0.05) is 16.5 Å². The number of nitrogens with zero attached hydrogens (tertiary/aromatic N) is 2. The van der Waals surface area contributed by atoms with Crippen LogP contribution >= 0.6 is 0 Å². The van der Waals surface area contributed by atoms with E-state index >= 15 is 0 Å². The van der Waals surface area contributed by atoms with Crippen LogP contribution in [0.5, 0.6) is 0 Å². The van der Waals surface area contributed by atoms with Gasteiger partial charge in [-0.25, -0.2) is 14.0 Å². The van der Waals surface area contributed by atoms with Crippen LogP contribution in [-0.2, 0) is 9.59 Å². The van der Waals surface area contributed by atoms with Crippen LogP contribution in [0.4, 0.5) is 15.8 Å². The molecule has 0 spiro atoms. The summed E-state index contributed by atoms with van der Waals surface area (Å²) in [5.74, 6) is -2.59. The van der Waals surface area contributed by atoms with Crippen molar-refractivity contribution in [3.05, 3.63) is 95.6 Å². The zero-order chi connectivity index (χ0) is 30.7. The molecule has 0 aliphatic heterocycles. The van der Waals surface area contributed by atoms with Crippen LogP contribution in [-0.4, -0.2) is 56.7 Å². The highest BCUT2D eigenvalue weighted by molar-refractivity contribution is 6.02. The third-order valence-corrected chi connectivity index (χ3v) is 5.88. The summed E-state index contributed by atoms with van der Waals surface area (Å²) in [6.45, 7) is 9.90. The number of aliphatic hydroxyl groups excluding tert-OH is 2. The van der Waals surface area contributed by atoms with Gasteiger partial charge >= 0.3 is 11.9 Å². The summed E-state index contributed by atoms with van der Waals surface area (Å²) < 4.78 is 13.2. The molecule has 0 amide bonds. The van der Waals surface area contributed by atoms with Gasteiger partial charge in [-0.2, -0.15) is 5.26 Å². The largest absolute Gasteiger partial charge is 0.480 e. The number of anilines is 1. The highest BCUT2D eigenvalue weighted by atomic mass is 19.1. The maximum atomic E-state index is 13.2. The number of aliphatic hydroxyl groups is 2. The van der Waals surface area contributed by atoms with Crippen LogP contribution in [0.1, 0.15) is 19.4 Å². The van der Waals surface area contributed by atoms with E-state index < -0.39 is 36.2 Å². The van der Waals surface area contributed by atoms with Gasteiger partial charge in [0.1, 0.15) is 11.9 Å². The van der Waals surface area contributed by atoms with Crippen LogP contribution in [0.3, 0.4) is 0 Å². The van der Waals surface area contributed by atoms with Crippen molar-refractivity contribution in [3.8, 4) is 6.07 Å². The summed E-state index contributed by atoms with van der Waals surface area (Å²) in [4.78, 5) is 24.4. The molecule has 0 saturated heterocycles. The molecule has 0 aliphatic rings. The van der Waals surface area contributed by atoms with Crippen molar-refractivity contribution < 1.29 is 34.4 Å². The number of hydrogen-bond acceptors (Lipinski definition) is 7. The number of fused-ring (bicyclic) bond motifs is 2. The molecule has 0 saturated carbocycles. The van der Waals surface area contributed by atoms with Crippen molar-refractivity contribution in [2.75, 3.05) is 5.32 Å². The minimum atomic E-state index is -1.18. The Kier molecular flexibility index (Phi) is 11.7. The van der Waals surface area contributed by atoms with Gasteiger partial charge in [-0.3, -0.25) is 4.79 Å². The van der Waals surface area contributed by atoms with Gasteiger partial charge in [0.05, 0.1) is 30.4 Å². The fraction of sp³-hybridized carbons (Fsp3) is 0.200. The molecule has 4 atom stereocenters. The Bertz CT molecular complexity index is 1610. The summed E-state index contributed by atoms with van der Waals surface area (Å²) >= 11 is 0. The molecule has 0 fully saturated rings. The first kappa shape index (κ1) is 32.1. The Balaban J connectivity index is 0.000000240. The molecule has 0 bridgehead atoms. The van der Waals surface area contributed by atoms with E-state index in [9.17, 15) is 19.1 Å². The fourth-order valence-corrected chi connectivity index (χ4v) is 3.63. The van der Waals surface area contributed by atoms with Crippen molar-refractivity contribution in [2.24, 2.45) is 5.73 Å². The van der Waals surface area contributed by atoms with Crippen molar-refractivity contribution in [1.29, 1.82) is 5.26 Å². The molecule has 0 unspecified atom stereocenters. The van der Waals surface area contributed by atoms with Crippen molar-refractivity contribution in [3.63, 3.8) is 0 Å². The molecule has 4 rings (SSSR count). The van der Waals surface area contributed by atoms with Crippen LogP contribution < -0.4 is 11.1 Å². The fourth-order valence-electron chi connectivity index (χ4n) is 3.63. The summed E-state index contributed by atoms with van der Waals surface area (Å²) in [6.07, 6.45) is -2.01. The number of halogens is 1. The molecule has 10 nitrogen and oxygen atoms in total. The number of carboxylic acids is 2.